The zero-order chi connectivity index (χ0) is 26.2. The van der Waals surface area contributed by atoms with Crippen LogP contribution in [0.4, 0.5) is 0 Å². The molecule has 5 nitrogen and oxygen atoms in total. The maximum absolute atomic E-state index is 12.8. The summed E-state index contributed by atoms with van der Waals surface area (Å²) in [6, 6.07) is 23.9. The largest absolute Gasteiger partial charge is 0.346 e. The van der Waals surface area contributed by atoms with E-state index in [1.165, 1.54) is 11.1 Å². The van der Waals surface area contributed by atoms with E-state index >= 15 is 0 Å². The molecule has 0 saturated heterocycles. The van der Waals surface area contributed by atoms with E-state index in [0.717, 1.165) is 27.7 Å². The second-order valence-corrected chi connectivity index (χ2v) is 10.7. The van der Waals surface area contributed by atoms with Crippen molar-refractivity contribution in [2.75, 3.05) is 5.88 Å². The van der Waals surface area contributed by atoms with Crippen molar-refractivity contribution in [2.45, 2.75) is 50.1 Å². The molecule has 8 heteroatoms. The number of aryl methyl sites for hydroxylation is 2. The summed E-state index contributed by atoms with van der Waals surface area (Å²) >= 11 is 13.9. The predicted octanol–water partition coefficient (Wildman–Crippen LogP) is 7.25. The number of carbonyl (C=O) groups excluding carboxylic acids is 1. The van der Waals surface area contributed by atoms with Crippen LogP contribution in [0.5, 0.6) is 0 Å². The fourth-order valence-corrected chi connectivity index (χ4v) is 5.35. The molecule has 3 aromatic carbocycles. The van der Waals surface area contributed by atoms with Gasteiger partial charge < -0.3 is 5.32 Å². The fourth-order valence-electron chi connectivity index (χ4n) is 4.15. The molecule has 4 rings (SSSR count). The highest BCUT2D eigenvalue weighted by atomic mass is 35.5. The number of halogens is 2. The van der Waals surface area contributed by atoms with Crippen molar-refractivity contribution in [1.29, 1.82) is 0 Å². The number of amides is 1. The Morgan fingerprint density at radius 2 is 1.78 bits per heavy atom. The number of thioether (sulfide) groups is 1. The van der Waals surface area contributed by atoms with Gasteiger partial charge in [0.2, 0.25) is 5.91 Å². The highest BCUT2D eigenvalue weighted by Crippen LogP contribution is 2.31. The predicted molar refractivity (Wildman–Crippen MR) is 153 cm³/mol. The minimum Gasteiger partial charge on any atom is -0.346 e. The molecule has 1 heterocycles. The molecule has 1 atom stereocenters. The standard InChI is InChI=1S/C29H30Cl2N4OS/c1-20-8-6-11-23(16-20)19-37-29-34-33-28(35(29)26-18-24(31)14-13-21(26)2)25(32-27(36)12-7-15-30)17-22-9-4-3-5-10-22/h3-6,8-11,13-14,16,18,25H,7,12,15,17,19H2,1-2H3,(H,32,36). The van der Waals surface area contributed by atoms with Gasteiger partial charge in [-0.2, -0.15) is 0 Å². The lowest BCUT2D eigenvalue weighted by atomic mass is 10.0. The van der Waals surface area contributed by atoms with Gasteiger partial charge >= 0.3 is 0 Å². The number of benzene rings is 3. The van der Waals surface area contributed by atoms with Crippen molar-refractivity contribution in [3.8, 4) is 5.69 Å². The van der Waals surface area contributed by atoms with E-state index in [1.807, 2.05) is 47.9 Å². The summed E-state index contributed by atoms with van der Waals surface area (Å²) in [5.41, 5.74) is 5.45. The van der Waals surface area contributed by atoms with Crippen LogP contribution in [0.25, 0.3) is 5.69 Å². The first-order valence-corrected chi connectivity index (χ1v) is 14.1. The molecule has 37 heavy (non-hydrogen) atoms. The van der Waals surface area contributed by atoms with Crippen molar-refractivity contribution in [3.63, 3.8) is 0 Å². The van der Waals surface area contributed by atoms with Crippen molar-refractivity contribution in [3.05, 3.63) is 106 Å². The molecule has 0 aliphatic heterocycles. The van der Waals surface area contributed by atoms with Crippen LogP contribution in [0.15, 0.2) is 78.0 Å². The molecule has 0 bridgehead atoms. The van der Waals surface area contributed by atoms with Gasteiger partial charge in [-0.15, -0.1) is 21.8 Å². The molecule has 1 aromatic heterocycles. The van der Waals surface area contributed by atoms with Crippen molar-refractivity contribution < 1.29 is 4.79 Å². The summed E-state index contributed by atoms with van der Waals surface area (Å²) in [6.45, 7) is 4.13. The Bertz CT molecular complexity index is 1340. The summed E-state index contributed by atoms with van der Waals surface area (Å²) in [7, 11) is 0. The highest BCUT2D eigenvalue weighted by molar-refractivity contribution is 7.98. The number of nitrogens with zero attached hydrogens (tertiary/aromatic N) is 3. The Kier molecular flexibility index (Phi) is 9.67. The van der Waals surface area contributed by atoms with Gasteiger partial charge in [0.1, 0.15) is 0 Å². The van der Waals surface area contributed by atoms with Crippen LogP contribution in [0.3, 0.4) is 0 Å². The van der Waals surface area contributed by atoms with Crippen LogP contribution in [-0.2, 0) is 17.0 Å². The average Bonchev–Trinajstić information content (AvgIpc) is 3.31. The summed E-state index contributed by atoms with van der Waals surface area (Å²) in [5, 5.41) is 13.8. The molecule has 1 unspecified atom stereocenters. The minimum absolute atomic E-state index is 0.0621. The summed E-state index contributed by atoms with van der Waals surface area (Å²) in [5.74, 6) is 1.78. The minimum atomic E-state index is -0.385. The van der Waals surface area contributed by atoms with Crippen LogP contribution < -0.4 is 5.32 Å². The van der Waals surface area contributed by atoms with E-state index in [4.69, 9.17) is 23.2 Å². The van der Waals surface area contributed by atoms with Crippen LogP contribution in [0, 0.1) is 13.8 Å². The van der Waals surface area contributed by atoms with Crippen LogP contribution in [0.1, 0.15) is 47.0 Å². The Morgan fingerprint density at radius 3 is 2.54 bits per heavy atom. The molecule has 192 valence electrons. The second-order valence-electron chi connectivity index (χ2n) is 8.99. The first-order chi connectivity index (χ1) is 17.9. The molecule has 1 N–H and O–H groups in total. The van der Waals surface area contributed by atoms with Gasteiger partial charge in [0.25, 0.3) is 0 Å². The number of nitrogens with one attached hydrogen (secondary N) is 1. The smallest absolute Gasteiger partial charge is 0.220 e. The van der Waals surface area contributed by atoms with Crippen LogP contribution >= 0.6 is 35.0 Å². The lowest BCUT2D eigenvalue weighted by molar-refractivity contribution is -0.121. The van der Waals surface area contributed by atoms with Crippen molar-refractivity contribution in [2.24, 2.45) is 0 Å². The van der Waals surface area contributed by atoms with Crippen LogP contribution in [0.2, 0.25) is 5.02 Å². The molecular weight excluding hydrogens is 523 g/mol. The third-order valence-electron chi connectivity index (χ3n) is 5.99. The molecular formula is C29H30Cl2N4OS. The van der Waals surface area contributed by atoms with E-state index in [9.17, 15) is 4.79 Å². The fraction of sp³-hybridized carbons (Fsp3) is 0.276. The molecule has 0 saturated carbocycles. The number of hydrogen-bond acceptors (Lipinski definition) is 4. The number of alkyl halides is 1. The molecule has 0 aliphatic rings. The maximum atomic E-state index is 12.8. The Morgan fingerprint density at radius 1 is 1.00 bits per heavy atom. The lowest BCUT2D eigenvalue weighted by Crippen LogP contribution is -2.32. The number of carbonyl (C=O) groups is 1. The van der Waals surface area contributed by atoms with E-state index in [1.54, 1.807) is 11.8 Å². The molecule has 4 aromatic rings. The lowest BCUT2D eigenvalue weighted by Gasteiger charge is -2.21. The van der Waals surface area contributed by atoms with Gasteiger partial charge in [-0.3, -0.25) is 9.36 Å². The first-order valence-electron chi connectivity index (χ1n) is 12.2. The monoisotopic (exact) mass is 552 g/mol. The average molecular weight is 554 g/mol. The topological polar surface area (TPSA) is 59.8 Å². The molecule has 0 fully saturated rings. The Balaban J connectivity index is 1.75. The van der Waals surface area contributed by atoms with E-state index in [2.05, 4.69) is 58.8 Å². The highest BCUT2D eigenvalue weighted by Gasteiger charge is 2.25. The van der Waals surface area contributed by atoms with Crippen molar-refractivity contribution in [1.82, 2.24) is 20.1 Å². The van der Waals surface area contributed by atoms with E-state index in [0.29, 0.717) is 36.0 Å². The zero-order valence-corrected chi connectivity index (χ0v) is 23.3. The summed E-state index contributed by atoms with van der Waals surface area (Å²) in [6.07, 6.45) is 1.55. The molecule has 1 amide bonds. The Labute approximate surface area is 232 Å². The van der Waals surface area contributed by atoms with Gasteiger partial charge in [-0.25, -0.2) is 0 Å². The number of hydrogen-bond donors (Lipinski definition) is 1. The maximum Gasteiger partial charge on any atom is 0.220 e. The number of aromatic nitrogens is 3. The van der Waals surface area contributed by atoms with Gasteiger partial charge in [-0.1, -0.05) is 89.6 Å². The molecule has 0 aliphatic carbocycles. The van der Waals surface area contributed by atoms with Crippen LogP contribution in [-0.4, -0.2) is 26.6 Å². The van der Waals surface area contributed by atoms with Crippen molar-refractivity contribution >= 4 is 40.9 Å². The van der Waals surface area contributed by atoms with E-state index < -0.39 is 0 Å². The van der Waals surface area contributed by atoms with Gasteiger partial charge in [0.15, 0.2) is 11.0 Å². The zero-order valence-electron chi connectivity index (χ0n) is 21.0. The van der Waals surface area contributed by atoms with Gasteiger partial charge in [0.05, 0.1) is 11.7 Å². The normalized spacial score (nSPS) is 11.9. The SMILES string of the molecule is Cc1cccc(CSc2nnc(C(Cc3ccccc3)NC(=O)CCCCl)n2-c2cc(Cl)ccc2C)c1. The quantitative estimate of drug-likeness (QED) is 0.157. The summed E-state index contributed by atoms with van der Waals surface area (Å²) < 4.78 is 2.04. The van der Waals surface area contributed by atoms with E-state index in [-0.39, 0.29) is 11.9 Å². The second kappa shape index (κ2) is 13.1. The third-order valence-corrected chi connectivity index (χ3v) is 7.49. The number of rotatable bonds is 11. The third kappa shape index (κ3) is 7.37. The first kappa shape index (κ1) is 27.2. The molecule has 0 spiro atoms. The van der Waals surface area contributed by atoms with Gasteiger partial charge in [-0.05, 0) is 55.5 Å². The Hall–Kier alpha value is -2.80. The van der Waals surface area contributed by atoms with Gasteiger partial charge in [0, 0.05) is 23.1 Å². The summed E-state index contributed by atoms with van der Waals surface area (Å²) in [4.78, 5) is 12.8. The molecule has 0 radical (unpaired) electrons.